The van der Waals surface area contributed by atoms with E-state index in [1.165, 1.54) is 6.07 Å². The molecule has 116 valence electrons. The van der Waals surface area contributed by atoms with Crippen LogP contribution in [0.4, 0.5) is 4.39 Å². The summed E-state index contributed by atoms with van der Waals surface area (Å²) < 4.78 is 19.0. The number of ether oxygens (including phenoxy) is 1. The minimum absolute atomic E-state index is 0.115. The Morgan fingerprint density at radius 2 is 2.14 bits per heavy atom. The highest BCUT2D eigenvalue weighted by Gasteiger charge is 2.34. The summed E-state index contributed by atoms with van der Waals surface area (Å²) in [7, 11) is 1.66. The zero-order valence-corrected chi connectivity index (χ0v) is 12.8. The molecule has 1 aromatic rings. The van der Waals surface area contributed by atoms with Crippen LogP contribution in [0.5, 0.6) is 0 Å². The molecule has 0 radical (unpaired) electrons. The van der Waals surface area contributed by atoms with E-state index in [0.717, 1.165) is 25.8 Å². The van der Waals surface area contributed by atoms with Crippen molar-refractivity contribution in [3.8, 4) is 0 Å². The average molecular weight is 293 g/mol. The van der Waals surface area contributed by atoms with Gasteiger partial charge in [-0.2, -0.15) is 0 Å². The molecule has 0 N–H and O–H groups in total. The van der Waals surface area contributed by atoms with Crippen LogP contribution in [0.1, 0.15) is 44.2 Å². The molecule has 2 rings (SSSR count). The summed E-state index contributed by atoms with van der Waals surface area (Å²) in [4.78, 5) is 14.3. The van der Waals surface area contributed by atoms with Crippen molar-refractivity contribution in [3.05, 3.63) is 35.6 Å². The Morgan fingerprint density at radius 3 is 2.86 bits per heavy atom. The van der Waals surface area contributed by atoms with Gasteiger partial charge in [-0.1, -0.05) is 25.1 Å². The van der Waals surface area contributed by atoms with Crippen LogP contribution in [0, 0.1) is 11.7 Å². The molecule has 2 atom stereocenters. The topological polar surface area (TPSA) is 29.5 Å². The number of amides is 1. The van der Waals surface area contributed by atoms with E-state index in [2.05, 4.69) is 6.92 Å². The normalized spacial score (nSPS) is 21.8. The Labute approximate surface area is 126 Å². The molecule has 0 aliphatic carbocycles. The van der Waals surface area contributed by atoms with E-state index in [1.54, 1.807) is 19.2 Å². The van der Waals surface area contributed by atoms with E-state index in [4.69, 9.17) is 4.74 Å². The monoisotopic (exact) mass is 293 g/mol. The van der Waals surface area contributed by atoms with Crippen molar-refractivity contribution in [3.63, 3.8) is 0 Å². The van der Waals surface area contributed by atoms with Crippen molar-refractivity contribution in [2.75, 3.05) is 20.3 Å². The Hall–Kier alpha value is -1.42. The second kappa shape index (κ2) is 7.55. The van der Waals surface area contributed by atoms with Crippen LogP contribution in [0.25, 0.3) is 0 Å². The highest BCUT2D eigenvalue weighted by molar-refractivity contribution is 5.77. The van der Waals surface area contributed by atoms with Gasteiger partial charge in [0.15, 0.2) is 0 Å². The highest BCUT2D eigenvalue weighted by Crippen LogP contribution is 2.36. The Balaban J connectivity index is 2.03. The third-order valence-electron chi connectivity index (χ3n) is 4.08. The molecular weight excluding hydrogens is 269 g/mol. The van der Waals surface area contributed by atoms with Gasteiger partial charge in [-0.25, -0.2) is 4.39 Å². The van der Waals surface area contributed by atoms with Crippen LogP contribution >= 0.6 is 0 Å². The quantitative estimate of drug-likeness (QED) is 0.751. The van der Waals surface area contributed by atoms with Crippen molar-refractivity contribution in [2.45, 2.75) is 38.6 Å². The number of nitrogens with zero attached hydrogens (tertiary/aromatic N) is 1. The number of benzene rings is 1. The summed E-state index contributed by atoms with van der Waals surface area (Å²) >= 11 is 0. The lowest BCUT2D eigenvalue weighted by atomic mass is 10.0. The zero-order valence-electron chi connectivity index (χ0n) is 12.8. The minimum atomic E-state index is -0.214. The zero-order chi connectivity index (χ0) is 15.2. The van der Waals surface area contributed by atoms with Gasteiger partial charge in [0.2, 0.25) is 5.91 Å². The van der Waals surface area contributed by atoms with E-state index in [-0.39, 0.29) is 17.8 Å². The van der Waals surface area contributed by atoms with Crippen LogP contribution in [0.15, 0.2) is 24.3 Å². The Kier molecular flexibility index (Phi) is 5.74. The first-order valence-corrected chi connectivity index (χ1v) is 7.66. The molecule has 21 heavy (non-hydrogen) atoms. The van der Waals surface area contributed by atoms with E-state index in [0.29, 0.717) is 24.5 Å². The van der Waals surface area contributed by atoms with Gasteiger partial charge in [-0.3, -0.25) is 4.79 Å². The molecule has 0 bridgehead atoms. The molecule has 1 aromatic carbocycles. The smallest absolute Gasteiger partial charge is 0.223 e. The lowest BCUT2D eigenvalue weighted by molar-refractivity contribution is -0.132. The molecule has 0 spiro atoms. The average Bonchev–Trinajstić information content (AvgIpc) is 2.86. The summed E-state index contributed by atoms with van der Waals surface area (Å²) in [6, 6.07) is 6.68. The van der Waals surface area contributed by atoms with Gasteiger partial charge in [0.1, 0.15) is 5.82 Å². The lowest BCUT2D eigenvalue weighted by Crippen LogP contribution is -2.31. The van der Waals surface area contributed by atoms with Gasteiger partial charge in [-0.05, 0) is 31.2 Å². The number of rotatable bonds is 6. The molecule has 0 saturated carbocycles. The minimum Gasteiger partial charge on any atom is -0.385 e. The third-order valence-corrected chi connectivity index (χ3v) is 4.08. The Morgan fingerprint density at radius 1 is 1.38 bits per heavy atom. The van der Waals surface area contributed by atoms with E-state index < -0.39 is 0 Å². The van der Waals surface area contributed by atoms with Gasteiger partial charge in [0.05, 0.1) is 6.04 Å². The molecule has 4 heteroatoms. The Bertz CT molecular complexity index is 478. The van der Waals surface area contributed by atoms with Crippen LogP contribution < -0.4 is 0 Å². The predicted molar refractivity (Wildman–Crippen MR) is 80.4 cm³/mol. The second-order valence-electron chi connectivity index (χ2n) is 5.87. The van der Waals surface area contributed by atoms with Gasteiger partial charge < -0.3 is 9.64 Å². The molecule has 1 aliphatic heterocycles. The van der Waals surface area contributed by atoms with Crippen molar-refractivity contribution in [1.82, 2.24) is 4.90 Å². The number of carbonyl (C=O) groups is 1. The number of carbonyl (C=O) groups excluding carboxylic acids is 1. The lowest BCUT2D eigenvalue weighted by Gasteiger charge is -2.25. The fraction of sp³-hybridized carbons (Fsp3) is 0.588. The van der Waals surface area contributed by atoms with Crippen LogP contribution in [-0.4, -0.2) is 31.1 Å². The molecule has 0 unspecified atom stereocenters. The molecule has 0 aromatic heterocycles. The first-order valence-electron chi connectivity index (χ1n) is 7.66. The second-order valence-corrected chi connectivity index (χ2v) is 5.87. The van der Waals surface area contributed by atoms with Gasteiger partial charge in [0, 0.05) is 32.2 Å². The highest BCUT2D eigenvalue weighted by atomic mass is 19.1. The van der Waals surface area contributed by atoms with Crippen molar-refractivity contribution >= 4 is 5.91 Å². The summed E-state index contributed by atoms with van der Waals surface area (Å²) in [6.45, 7) is 3.52. The third kappa shape index (κ3) is 4.03. The number of methoxy groups -OCH3 is 1. The standard InChI is InChI=1S/C17H24FNO2/c1-13-11-16(14-7-3-4-8-15(14)18)19(12-13)17(20)9-5-6-10-21-2/h3-4,7-8,13,16H,5-6,9-12H2,1-2H3/t13-,16+/m0/s1. The van der Waals surface area contributed by atoms with E-state index in [9.17, 15) is 9.18 Å². The largest absolute Gasteiger partial charge is 0.385 e. The maximum atomic E-state index is 14.0. The molecule has 1 fully saturated rings. The van der Waals surface area contributed by atoms with Gasteiger partial charge >= 0.3 is 0 Å². The van der Waals surface area contributed by atoms with E-state index >= 15 is 0 Å². The predicted octanol–water partition coefficient (Wildman–Crippen LogP) is 3.55. The van der Waals surface area contributed by atoms with Crippen LogP contribution in [-0.2, 0) is 9.53 Å². The van der Waals surface area contributed by atoms with Gasteiger partial charge in [0.25, 0.3) is 0 Å². The SMILES string of the molecule is COCCCCC(=O)N1C[C@@H](C)C[C@@H]1c1ccccc1F. The molecular formula is C17H24FNO2. The molecule has 3 nitrogen and oxygen atoms in total. The van der Waals surface area contributed by atoms with Crippen molar-refractivity contribution in [1.29, 1.82) is 0 Å². The van der Waals surface area contributed by atoms with Crippen LogP contribution in [0.3, 0.4) is 0 Å². The maximum Gasteiger partial charge on any atom is 0.223 e. The summed E-state index contributed by atoms with van der Waals surface area (Å²) in [5.41, 5.74) is 0.645. The number of halogens is 1. The summed E-state index contributed by atoms with van der Waals surface area (Å²) in [5, 5.41) is 0. The first-order chi connectivity index (χ1) is 10.1. The van der Waals surface area contributed by atoms with E-state index in [1.807, 2.05) is 11.0 Å². The number of likely N-dealkylation sites (tertiary alicyclic amines) is 1. The number of hydrogen-bond acceptors (Lipinski definition) is 2. The van der Waals surface area contributed by atoms with Crippen LogP contribution in [0.2, 0.25) is 0 Å². The molecule has 1 saturated heterocycles. The fourth-order valence-corrected chi connectivity index (χ4v) is 3.03. The maximum absolute atomic E-state index is 14.0. The van der Waals surface area contributed by atoms with Gasteiger partial charge in [-0.15, -0.1) is 0 Å². The molecule has 1 aliphatic rings. The number of unbranched alkanes of at least 4 members (excludes halogenated alkanes) is 1. The van der Waals surface area contributed by atoms with Crippen molar-refractivity contribution in [2.24, 2.45) is 5.92 Å². The van der Waals surface area contributed by atoms with Crippen molar-refractivity contribution < 1.29 is 13.9 Å². The molecule has 1 amide bonds. The fourth-order valence-electron chi connectivity index (χ4n) is 3.03. The molecule has 1 heterocycles. The summed E-state index contributed by atoms with van der Waals surface area (Å²) in [6.07, 6.45) is 3.06. The number of hydrogen-bond donors (Lipinski definition) is 0. The first kappa shape index (κ1) is 16.0. The summed E-state index contributed by atoms with van der Waals surface area (Å²) in [5.74, 6) is 0.329.